The van der Waals surface area contributed by atoms with Gasteiger partial charge in [0.05, 0.1) is 0 Å². The van der Waals surface area contributed by atoms with Gasteiger partial charge >= 0.3 is 0 Å². The number of nitrogens with one attached hydrogen (secondary N) is 1. The lowest BCUT2D eigenvalue weighted by Gasteiger charge is -2.04. The van der Waals surface area contributed by atoms with Crippen LogP contribution in [-0.4, -0.2) is 32.5 Å². The van der Waals surface area contributed by atoms with Crippen LogP contribution in [0.25, 0.3) is 21.9 Å². The molecule has 0 amide bonds. The van der Waals surface area contributed by atoms with Gasteiger partial charge in [-0.3, -0.25) is 4.79 Å². The fraction of sp³-hybridized carbons (Fsp3) is 0.0625. The van der Waals surface area contributed by atoms with E-state index in [1.807, 2.05) is 48.5 Å². The zero-order valence-electron chi connectivity index (χ0n) is 11.6. The Hall–Kier alpha value is -3.15. The first-order valence-electron chi connectivity index (χ1n) is 6.86. The van der Waals surface area contributed by atoms with Gasteiger partial charge in [-0.2, -0.15) is 0 Å². The second-order valence-electron chi connectivity index (χ2n) is 4.90. The second kappa shape index (κ2) is 5.00. The minimum atomic E-state index is -0.114. The Labute approximate surface area is 125 Å². The average molecular weight is 292 g/mol. The summed E-state index contributed by atoms with van der Waals surface area (Å²) in [5.74, 6) is -0.114. The van der Waals surface area contributed by atoms with Crippen LogP contribution in [0.2, 0.25) is 0 Å². The molecule has 2 aromatic carbocycles. The lowest BCUT2D eigenvalue weighted by atomic mass is 10.1. The van der Waals surface area contributed by atoms with E-state index in [2.05, 4.69) is 15.3 Å². The number of aromatic nitrogens is 4. The summed E-state index contributed by atoms with van der Waals surface area (Å²) in [5.41, 5.74) is 2.99. The normalized spacial score (nSPS) is 11.1. The second-order valence-corrected chi connectivity index (χ2v) is 4.90. The molecule has 0 bridgehead atoms. The maximum absolute atomic E-state index is 12.3. The highest BCUT2D eigenvalue weighted by Gasteiger charge is 2.13. The maximum Gasteiger partial charge on any atom is 0.205 e. The molecule has 2 heterocycles. The number of Topliss-reactive ketones (excluding diaryl/α,β-unsaturated/α-hetero) is 1. The number of rotatable bonds is 4. The third kappa shape index (κ3) is 2.01. The van der Waals surface area contributed by atoms with Crippen LogP contribution in [-0.2, 0) is 0 Å². The number of H-pyrrole nitrogens is 1. The van der Waals surface area contributed by atoms with Gasteiger partial charge < -0.3 is 9.82 Å². The Morgan fingerprint density at radius 3 is 2.91 bits per heavy atom. The van der Waals surface area contributed by atoms with Crippen molar-refractivity contribution in [2.45, 2.75) is 0 Å². The molecule has 0 saturated heterocycles. The standard InChI is InChI=1S/C16H12N4O2/c21-16(12-9-17-13-6-2-1-5-11(12)13)10-22-20-15-8-4-3-7-14(15)18-19-20/h1-9,17H,10H2. The van der Waals surface area contributed by atoms with Crippen LogP contribution in [0.3, 0.4) is 0 Å². The van der Waals surface area contributed by atoms with Crippen molar-refractivity contribution in [2.75, 3.05) is 6.61 Å². The van der Waals surface area contributed by atoms with E-state index in [1.54, 1.807) is 6.20 Å². The summed E-state index contributed by atoms with van der Waals surface area (Å²) in [6, 6.07) is 15.1. The Bertz CT molecular complexity index is 970. The number of para-hydroxylation sites is 2. The summed E-state index contributed by atoms with van der Waals surface area (Å²) in [7, 11) is 0. The predicted molar refractivity (Wildman–Crippen MR) is 81.6 cm³/mol. The summed E-state index contributed by atoms with van der Waals surface area (Å²) < 4.78 is 0. The number of ketones is 1. The Balaban J connectivity index is 1.57. The van der Waals surface area contributed by atoms with Crippen LogP contribution in [0, 0.1) is 0 Å². The Kier molecular flexibility index (Phi) is 2.86. The summed E-state index contributed by atoms with van der Waals surface area (Å²) in [5, 5.41) is 8.76. The number of carbonyl (C=O) groups is 1. The minimum absolute atomic E-state index is 0.102. The third-order valence-electron chi connectivity index (χ3n) is 3.53. The van der Waals surface area contributed by atoms with Gasteiger partial charge in [-0.1, -0.05) is 35.2 Å². The van der Waals surface area contributed by atoms with Gasteiger partial charge in [0.2, 0.25) is 5.78 Å². The third-order valence-corrected chi connectivity index (χ3v) is 3.53. The van der Waals surface area contributed by atoms with E-state index in [1.165, 1.54) is 4.85 Å². The smallest absolute Gasteiger partial charge is 0.205 e. The van der Waals surface area contributed by atoms with Gasteiger partial charge in [-0.25, -0.2) is 0 Å². The van der Waals surface area contributed by atoms with Gasteiger partial charge in [-0.05, 0) is 23.4 Å². The van der Waals surface area contributed by atoms with Crippen molar-refractivity contribution in [3.05, 3.63) is 60.3 Å². The summed E-state index contributed by atoms with van der Waals surface area (Å²) >= 11 is 0. The average Bonchev–Trinajstić information content (AvgIpc) is 3.17. The zero-order chi connectivity index (χ0) is 14.9. The molecular weight excluding hydrogens is 280 g/mol. The van der Waals surface area contributed by atoms with Crippen LogP contribution >= 0.6 is 0 Å². The molecule has 0 atom stereocenters. The number of aromatic amines is 1. The molecule has 0 spiro atoms. The lowest BCUT2D eigenvalue weighted by molar-refractivity contribution is 0.0632. The van der Waals surface area contributed by atoms with Crippen molar-refractivity contribution in [3.63, 3.8) is 0 Å². The number of fused-ring (bicyclic) bond motifs is 2. The monoisotopic (exact) mass is 292 g/mol. The molecule has 4 aromatic rings. The molecule has 22 heavy (non-hydrogen) atoms. The molecule has 6 nitrogen and oxygen atoms in total. The largest absolute Gasteiger partial charge is 0.387 e. The fourth-order valence-corrected chi connectivity index (χ4v) is 2.44. The molecule has 0 unspecified atom stereocenters. The Morgan fingerprint density at radius 1 is 1.14 bits per heavy atom. The summed E-state index contributed by atoms with van der Waals surface area (Å²) in [6.07, 6.45) is 1.70. The number of hydrogen-bond donors (Lipinski definition) is 1. The molecule has 0 aliphatic heterocycles. The molecule has 0 radical (unpaired) electrons. The van der Waals surface area contributed by atoms with Crippen LogP contribution < -0.4 is 4.84 Å². The minimum Gasteiger partial charge on any atom is -0.387 e. The topological polar surface area (TPSA) is 72.8 Å². The van der Waals surface area contributed by atoms with E-state index >= 15 is 0 Å². The molecule has 0 aliphatic rings. The number of carbonyl (C=O) groups excluding carboxylic acids is 1. The van der Waals surface area contributed by atoms with Crippen LogP contribution in [0.4, 0.5) is 0 Å². The highest BCUT2D eigenvalue weighted by atomic mass is 16.7. The van der Waals surface area contributed by atoms with Crippen molar-refractivity contribution in [2.24, 2.45) is 0 Å². The predicted octanol–water partition coefficient (Wildman–Crippen LogP) is 2.22. The van der Waals surface area contributed by atoms with Gasteiger partial charge in [-0.15, -0.1) is 5.10 Å². The van der Waals surface area contributed by atoms with Gasteiger partial charge in [0.1, 0.15) is 11.0 Å². The van der Waals surface area contributed by atoms with Gasteiger partial charge in [0.25, 0.3) is 0 Å². The molecular formula is C16H12N4O2. The van der Waals surface area contributed by atoms with Gasteiger partial charge in [0.15, 0.2) is 6.61 Å². The quantitative estimate of drug-likeness (QED) is 0.585. The number of hydrogen-bond acceptors (Lipinski definition) is 4. The lowest BCUT2D eigenvalue weighted by Crippen LogP contribution is -2.21. The van der Waals surface area contributed by atoms with E-state index in [0.29, 0.717) is 5.56 Å². The number of benzene rings is 2. The first-order chi connectivity index (χ1) is 10.8. The zero-order valence-corrected chi connectivity index (χ0v) is 11.6. The fourth-order valence-electron chi connectivity index (χ4n) is 2.44. The maximum atomic E-state index is 12.3. The van der Waals surface area contributed by atoms with E-state index in [0.717, 1.165) is 21.9 Å². The molecule has 0 saturated carbocycles. The number of nitrogens with zero attached hydrogens (tertiary/aromatic N) is 3. The van der Waals surface area contributed by atoms with Crippen LogP contribution in [0.15, 0.2) is 54.7 Å². The molecule has 108 valence electrons. The van der Waals surface area contributed by atoms with Crippen molar-refractivity contribution < 1.29 is 9.63 Å². The van der Waals surface area contributed by atoms with Crippen molar-refractivity contribution in [1.29, 1.82) is 0 Å². The molecule has 0 fully saturated rings. The van der Waals surface area contributed by atoms with E-state index in [9.17, 15) is 4.79 Å². The molecule has 4 rings (SSSR count). The summed E-state index contributed by atoms with van der Waals surface area (Å²) in [6.45, 7) is -0.102. The molecule has 2 aromatic heterocycles. The Morgan fingerprint density at radius 2 is 1.95 bits per heavy atom. The first kappa shape index (κ1) is 12.6. The van der Waals surface area contributed by atoms with E-state index in [4.69, 9.17) is 4.84 Å². The summed E-state index contributed by atoms with van der Waals surface area (Å²) in [4.78, 5) is 22.2. The molecule has 6 heteroatoms. The molecule has 0 aliphatic carbocycles. The molecule has 1 N–H and O–H groups in total. The highest BCUT2D eigenvalue weighted by molar-refractivity contribution is 6.08. The van der Waals surface area contributed by atoms with E-state index in [-0.39, 0.29) is 12.4 Å². The highest BCUT2D eigenvalue weighted by Crippen LogP contribution is 2.18. The van der Waals surface area contributed by atoms with Crippen molar-refractivity contribution >= 4 is 27.7 Å². The SMILES string of the molecule is O=C(COn1nnc2ccccc21)c1c[nH]c2ccccc12. The van der Waals surface area contributed by atoms with Crippen molar-refractivity contribution in [1.82, 2.24) is 20.1 Å². The van der Waals surface area contributed by atoms with E-state index < -0.39 is 0 Å². The van der Waals surface area contributed by atoms with Gasteiger partial charge in [0, 0.05) is 22.7 Å². The van der Waals surface area contributed by atoms with Crippen LogP contribution in [0.1, 0.15) is 10.4 Å². The van der Waals surface area contributed by atoms with Crippen molar-refractivity contribution in [3.8, 4) is 0 Å². The van der Waals surface area contributed by atoms with Crippen LogP contribution in [0.5, 0.6) is 0 Å². The first-order valence-corrected chi connectivity index (χ1v) is 6.86.